The molecule has 0 aliphatic heterocycles. The summed E-state index contributed by atoms with van der Waals surface area (Å²) in [6.07, 6.45) is 0.746. The van der Waals surface area contributed by atoms with Gasteiger partial charge in [-0.3, -0.25) is 24.0 Å². The summed E-state index contributed by atoms with van der Waals surface area (Å²) in [4.78, 5) is 65.2. The molecule has 0 aromatic heterocycles. The molecule has 3 rings (SSSR count). The van der Waals surface area contributed by atoms with Crippen molar-refractivity contribution in [3.63, 3.8) is 0 Å². The van der Waals surface area contributed by atoms with E-state index in [1.807, 2.05) is 80.6 Å². The lowest BCUT2D eigenvalue weighted by molar-refractivity contribution is -0.141. The van der Waals surface area contributed by atoms with E-state index in [0.717, 1.165) is 11.1 Å². The molecule has 0 bridgehead atoms. The normalized spacial score (nSPS) is 13.2. The first-order valence-electron chi connectivity index (χ1n) is 14.2. The number of rotatable bonds is 16. The molecule has 0 heterocycles. The number of Topliss-reactive ketones (excluding diaryl/α,β-unsaturated/α-hetero) is 4. The fourth-order valence-corrected chi connectivity index (χ4v) is 4.79. The van der Waals surface area contributed by atoms with Crippen LogP contribution in [0.4, 0.5) is 0 Å². The zero-order valence-electron chi connectivity index (χ0n) is 24.0. The van der Waals surface area contributed by atoms with Crippen molar-refractivity contribution in [2.75, 3.05) is 0 Å². The van der Waals surface area contributed by atoms with Gasteiger partial charge in [0.2, 0.25) is 11.7 Å². The molecule has 0 radical (unpaired) electrons. The van der Waals surface area contributed by atoms with Crippen molar-refractivity contribution < 1.29 is 24.0 Å². The first-order chi connectivity index (χ1) is 19.7. The third kappa shape index (κ3) is 9.75. The lowest BCUT2D eigenvalue weighted by atomic mass is 9.83. The second-order valence-electron chi connectivity index (χ2n) is 10.9. The average molecular weight is 554 g/mol. The molecule has 0 saturated heterocycles. The Kier molecular flexibility index (Phi) is 11.9. The lowest BCUT2D eigenvalue weighted by Gasteiger charge is -2.23. The predicted octanol–water partition coefficient (Wildman–Crippen LogP) is 5.63. The molecular weight excluding hydrogens is 514 g/mol. The molecule has 3 aromatic rings. The molecule has 6 heteroatoms. The third-order valence-electron chi connectivity index (χ3n) is 7.39. The molecule has 6 nitrogen and oxygen atoms in total. The van der Waals surface area contributed by atoms with Crippen LogP contribution in [0.15, 0.2) is 91.0 Å². The van der Waals surface area contributed by atoms with Crippen molar-refractivity contribution >= 4 is 29.0 Å². The smallest absolute Gasteiger partial charge is 0.224 e. The van der Waals surface area contributed by atoms with E-state index in [2.05, 4.69) is 5.32 Å². The molecule has 0 fully saturated rings. The van der Waals surface area contributed by atoms with Gasteiger partial charge in [-0.2, -0.15) is 0 Å². The molecule has 1 N–H and O–H groups in total. The van der Waals surface area contributed by atoms with Gasteiger partial charge in [-0.1, -0.05) is 105 Å². The van der Waals surface area contributed by atoms with Gasteiger partial charge in [-0.25, -0.2) is 0 Å². The van der Waals surface area contributed by atoms with Gasteiger partial charge in [-0.05, 0) is 36.8 Å². The molecule has 41 heavy (non-hydrogen) atoms. The van der Waals surface area contributed by atoms with Crippen LogP contribution in [-0.4, -0.2) is 35.1 Å². The summed E-state index contributed by atoms with van der Waals surface area (Å²) in [5.41, 5.74) is 2.41. The monoisotopic (exact) mass is 553 g/mol. The predicted molar refractivity (Wildman–Crippen MR) is 159 cm³/mol. The Labute approximate surface area is 242 Å². The van der Waals surface area contributed by atoms with E-state index >= 15 is 0 Å². The van der Waals surface area contributed by atoms with Crippen LogP contribution in [0.2, 0.25) is 0 Å². The number of carbonyl (C=O) groups excluding carboxylic acids is 5. The van der Waals surface area contributed by atoms with Crippen molar-refractivity contribution in [3.05, 3.63) is 108 Å². The topological polar surface area (TPSA) is 97.4 Å². The average Bonchev–Trinajstić information content (AvgIpc) is 2.99. The first kappa shape index (κ1) is 31.3. The minimum Gasteiger partial charge on any atom is -0.346 e. The summed E-state index contributed by atoms with van der Waals surface area (Å²) in [6.45, 7) is 5.21. The van der Waals surface area contributed by atoms with Crippen LogP contribution in [0.1, 0.15) is 61.5 Å². The number of hydrogen-bond donors (Lipinski definition) is 1. The molecule has 0 aliphatic rings. The molecule has 3 aromatic carbocycles. The number of carbonyl (C=O) groups is 5. The summed E-state index contributed by atoms with van der Waals surface area (Å²) in [5.74, 6) is -3.56. The van der Waals surface area contributed by atoms with E-state index in [1.54, 1.807) is 31.2 Å². The number of benzene rings is 3. The van der Waals surface area contributed by atoms with E-state index in [-0.39, 0.29) is 36.7 Å². The molecule has 1 unspecified atom stereocenters. The maximum absolute atomic E-state index is 13.4. The second kappa shape index (κ2) is 15.6. The highest BCUT2D eigenvalue weighted by molar-refractivity contribution is 6.38. The van der Waals surface area contributed by atoms with Crippen molar-refractivity contribution in [3.8, 4) is 0 Å². The van der Waals surface area contributed by atoms with Gasteiger partial charge in [0.15, 0.2) is 17.3 Å². The number of nitrogens with one attached hydrogen (secondary N) is 1. The van der Waals surface area contributed by atoms with Gasteiger partial charge < -0.3 is 5.32 Å². The summed E-state index contributed by atoms with van der Waals surface area (Å²) in [7, 11) is 0. The van der Waals surface area contributed by atoms with Crippen LogP contribution in [0.25, 0.3) is 0 Å². The Hall–Kier alpha value is -4.19. The van der Waals surface area contributed by atoms with E-state index in [9.17, 15) is 24.0 Å². The Bertz CT molecular complexity index is 1320. The second-order valence-corrected chi connectivity index (χ2v) is 10.9. The molecular formula is C35H39NO5. The van der Waals surface area contributed by atoms with Gasteiger partial charge in [0.25, 0.3) is 0 Å². The van der Waals surface area contributed by atoms with Crippen LogP contribution < -0.4 is 5.32 Å². The number of ketones is 4. The Morgan fingerprint density at radius 2 is 1.22 bits per heavy atom. The van der Waals surface area contributed by atoms with E-state index in [1.165, 1.54) is 0 Å². The Balaban J connectivity index is 1.64. The summed E-state index contributed by atoms with van der Waals surface area (Å²) < 4.78 is 0. The van der Waals surface area contributed by atoms with E-state index in [0.29, 0.717) is 18.4 Å². The van der Waals surface area contributed by atoms with Gasteiger partial charge in [0.1, 0.15) is 0 Å². The van der Waals surface area contributed by atoms with Gasteiger partial charge >= 0.3 is 0 Å². The minimum atomic E-state index is -0.874. The quantitative estimate of drug-likeness (QED) is 0.183. The molecule has 0 aliphatic carbocycles. The van der Waals surface area contributed by atoms with E-state index < -0.39 is 35.4 Å². The molecule has 214 valence electrons. The standard InChI is InChI=1S/C35H39NO5/c1-24(2)30(34(40)31(37)20-19-26-13-7-4-8-14-26)23-32(38)25(3)36-35(41)29(21-27-15-9-5-10-16-27)22-33(39)28-17-11-6-12-18-28/h4-18,24-25,29-30H,19-23H2,1-3H3,(H,36,41)/t25-,29+,30?/m0/s1. The van der Waals surface area contributed by atoms with Crippen molar-refractivity contribution in [2.45, 2.75) is 58.9 Å². The van der Waals surface area contributed by atoms with Crippen LogP contribution in [0.5, 0.6) is 0 Å². The number of hydrogen-bond acceptors (Lipinski definition) is 5. The third-order valence-corrected chi connectivity index (χ3v) is 7.39. The summed E-state index contributed by atoms with van der Waals surface area (Å²) in [6, 6.07) is 26.8. The van der Waals surface area contributed by atoms with Crippen LogP contribution in [0, 0.1) is 17.8 Å². The summed E-state index contributed by atoms with van der Waals surface area (Å²) in [5, 5.41) is 2.78. The lowest BCUT2D eigenvalue weighted by Crippen LogP contribution is -2.44. The molecule has 0 spiro atoms. The fourth-order valence-electron chi connectivity index (χ4n) is 4.79. The van der Waals surface area contributed by atoms with E-state index in [4.69, 9.17) is 0 Å². The highest BCUT2D eigenvalue weighted by atomic mass is 16.2. The highest BCUT2D eigenvalue weighted by Gasteiger charge is 2.32. The van der Waals surface area contributed by atoms with Crippen molar-refractivity contribution in [1.82, 2.24) is 5.32 Å². The van der Waals surface area contributed by atoms with Crippen LogP contribution in [-0.2, 0) is 32.0 Å². The molecule has 1 amide bonds. The van der Waals surface area contributed by atoms with Crippen LogP contribution in [0.3, 0.4) is 0 Å². The first-order valence-corrected chi connectivity index (χ1v) is 14.2. The minimum absolute atomic E-state index is 0.00529. The largest absolute Gasteiger partial charge is 0.346 e. The highest BCUT2D eigenvalue weighted by Crippen LogP contribution is 2.21. The van der Waals surface area contributed by atoms with Gasteiger partial charge in [-0.15, -0.1) is 0 Å². The van der Waals surface area contributed by atoms with Gasteiger partial charge in [0.05, 0.1) is 6.04 Å². The summed E-state index contributed by atoms with van der Waals surface area (Å²) >= 11 is 0. The maximum Gasteiger partial charge on any atom is 0.224 e. The van der Waals surface area contributed by atoms with Gasteiger partial charge in [0, 0.05) is 36.7 Å². The molecule has 3 atom stereocenters. The zero-order valence-corrected chi connectivity index (χ0v) is 24.0. The molecule has 0 saturated carbocycles. The van der Waals surface area contributed by atoms with Crippen molar-refractivity contribution in [2.24, 2.45) is 17.8 Å². The fraction of sp³-hybridized carbons (Fsp3) is 0.343. The number of aryl methyl sites for hydroxylation is 1. The Morgan fingerprint density at radius 3 is 1.78 bits per heavy atom. The van der Waals surface area contributed by atoms with Crippen LogP contribution >= 0.6 is 0 Å². The SMILES string of the molecule is CC(C)C(CC(=O)[C@H](C)NC(=O)[C@@H](CC(=O)c1ccccc1)Cc1ccccc1)C(=O)C(=O)CCc1ccccc1. The van der Waals surface area contributed by atoms with Crippen molar-refractivity contribution in [1.29, 1.82) is 0 Å². The number of amides is 1. The maximum atomic E-state index is 13.4. The zero-order chi connectivity index (χ0) is 29.8. The Morgan fingerprint density at radius 1 is 0.683 bits per heavy atom.